The Kier molecular flexibility index (Phi) is 4.78. The first-order valence-electron chi connectivity index (χ1n) is 11.7. The molecule has 0 spiro atoms. The summed E-state index contributed by atoms with van der Waals surface area (Å²) in [7, 11) is 0. The second-order valence-electron chi connectivity index (χ2n) is 9.70. The Morgan fingerprint density at radius 3 is 2.64 bits per heavy atom. The number of piperidine rings is 1. The van der Waals surface area contributed by atoms with Crippen molar-refractivity contribution in [1.82, 2.24) is 19.7 Å². The molecule has 2 N–H and O–H groups in total. The Hall–Kier alpha value is -3.48. The van der Waals surface area contributed by atoms with Crippen molar-refractivity contribution < 1.29 is 9.59 Å². The first kappa shape index (κ1) is 20.1. The molecule has 33 heavy (non-hydrogen) atoms. The Bertz CT molecular complexity index is 1230. The first-order valence-corrected chi connectivity index (χ1v) is 11.7. The maximum absolute atomic E-state index is 12.9. The van der Waals surface area contributed by atoms with Crippen molar-refractivity contribution in [2.24, 2.45) is 11.8 Å². The lowest BCUT2D eigenvalue weighted by Gasteiger charge is -2.18. The Labute approximate surface area is 192 Å². The van der Waals surface area contributed by atoms with Crippen LogP contribution in [0, 0.1) is 11.8 Å². The number of likely N-dealkylation sites (tertiary alicyclic amines) is 1. The van der Waals surface area contributed by atoms with Gasteiger partial charge in [0.25, 0.3) is 0 Å². The van der Waals surface area contributed by atoms with Gasteiger partial charge in [0.1, 0.15) is 5.82 Å². The standard InChI is InChI=1S/C26H27N5O2/c27-25-8-6-21-18(5-7-23(21)29-25)10-24(32)20-11-28-31(15-20)13-17-3-1-16(2-4-17)12-30-14-19-9-22(19)26(30)33/h1-4,6,8,11,15,18-19,22H,5,7,9-10,12-14H2,(H2,27,29)/t18-,19-,22-/m0/s1. The van der Waals surface area contributed by atoms with Crippen molar-refractivity contribution in [3.05, 3.63) is 76.7 Å². The number of aromatic nitrogens is 3. The van der Waals surface area contributed by atoms with E-state index in [1.165, 1.54) is 0 Å². The topological polar surface area (TPSA) is 94.1 Å². The molecule has 3 atom stereocenters. The minimum Gasteiger partial charge on any atom is -0.384 e. The molecule has 1 saturated heterocycles. The highest BCUT2D eigenvalue weighted by Crippen LogP contribution is 2.46. The third kappa shape index (κ3) is 3.92. The molecule has 3 aliphatic rings. The number of amides is 1. The lowest BCUT2D eigenvalue weighted by Crippen LogP contribution is -2.27. The summed E-state index contributed by atoms with van der Waals surface area (Å²) in [5.74, 6) is 2.08. The maximum Gasteiger partial charge on any atom is 0.226 e. The van der Waals surface area contributed by atoms with Gasteiger partial charge < -0.3 is 10.6 Å². The number of carbonyl (C=O) groups excluding carboxylic acids is 2. The van der Waals surface area contributed by atoms with Crippen LogP contribution in [0.5, 0.6) is 0 Å². The second-order valence-corrected chi connectivity index (χ2v) is 9.70. The minimum absolute atomic E-state index is 0.111. The summed E-state index contributed by atoms with van der Waals surface area (Å²) in [4.78, 5) is 31.4. The average molecular weight is 442 g/mol. The van der Waals surface area contributed by atoms with Crippen LogP contribution in [0.15, 0.2) is 48.8 Å². The number of nitrogens with zero attached hydrogens (tertiary/aromatic N) is 4. The molecule has 0 bridgehead atoms. The third-order valence-corrected chi connectivity index (χ3v) is 7.33. The second kappa shape index (κ2) is 7.83. The molecule has 1 saturated carbocycles. The van der Waals surface area contributed by atoms with Crippen molar-refractivity contribution in [2.45, 2.75) is 44.7 Å². The predicted molar refractivity (Wildman–Crippen MR) is 123 cm³/mol. The lowest BCUT2D eigenvalue weighted by atomic mass is 9.95. The number of nitrogen functional groups attached to an aromatic ring is 1. The fourth-order valence-corrected chi connectivity index (χ4v) is 5.37. The number of benzene rings is 1. The van der Waals surface area contributed by atoms with E-state index in [-0.39, 0.29) is 11.7 Å². The first-order chi connectivity index (χ1) is 16.0. The number of hydrogen-bond donors (Lipinski definition) is 1. The van der Waals surface area contributed by atoms with Gasteiger partial charge in [-0.05, 0) is 53.9 Å². The molecule has 0 unspecified atom stereocenters. The van der Waals surface area contributed by atoms with Crippen molar-refractivity contribution in [3.63, 3.8) is 0 Å². The number of Topliss-reactive ketones (excluding diaryl/α,β-unsaturated/α-hetero) is 1. The number of rotatable bonds is 7. The highest BCUT2D eigenvalue weighted by atomic mass is 16.2. The zero-order valence-corrected chi connectivity index (χ0v) is 18.5. The van der Waals surface area contributed by atoms with Gasteiger partial charge in [-0.2, -0.15) is 5.10 Å². The Morgan fingerprint density at radius 2 is 1.88 bits per heavy atom. The van der Waals surface area contributed by atoms with Gasteiger partial charge in [0, 0.05) is 37.3 Å². The third-order valence-electron chi connectivity index (χ3n) is 7.33. The molecule has 2 fully saturated rings. The summed E-state index contributed by atoms with van der Waals surface area (Å²) in [6, 6.07) is 12.2. The average Bonchev–Trinajstić information content (AvgIpc) is 3.10. The van der Waals surface area contributed by atoms with Crippen LogP contribution in [0.3, 0.4) is 0 Å². The smallest absolute Gasteiger partial charge is 0.226 e. The van der Waals surface area contributed by atoms with Crippen LogP contribution in [0.25, 0.3) is 0 Å². The van der Waals surface area contributed by atoms with Crippen LogP contribution in [0.4, 0.5) is 5.82 Å². The van der Waals surface area contributed by atoms with Crippen LogP contribution in [0.1, 0.15) is 57.9 Å². The zero-order valence-electron chi connectivity index (χ0n) is 18.5. The molecule has 0 radical (unpaired) electrons. The lowest BCUT2D eigenvalue weighted by molar-refractivity contribution is -0.130. The number of anilines is 1. The van der Waals surface area contributed by atoms with Gasteiger partial charge in [-0.25, -0.2) is 4.98 Å². The molecule has 1 aromatic carbocycles. The van der Waals surface area contributed by atoms with Gasteiger partial charge in [0.2, 0.25) is 5.91 Å². The quantitative estimate of drug-likeness (QED) is 0.568. The summed E-state index contributed by atoms with van der Waals surface area (Å²) in [5, 5.41) is 4.41. The minimum atomic E-state index is 0.111. The van der Waals surface area contributed by atoms with Crippen molar-refractivity contribution in [1.29, 1.82) is 0 Å². The molecule has 3 heterocycles. The zero-order chi connectivity index (χ0) is 22.5. The summed E-state index contributed by atoms with van der Waals surface area (Å²) in [6.45, 7) is 2.21. The summed E-state index contributed by atoms with van der Waals surface area (Å²) in [5.41, 5.74) is 10.9. The van der Waals surface area contributed by atoms with Gasteiger partial charge >= 0.3 is 0 Å². The van der Waals surface area contributed by atoms with Gasteiger partial charge in [-0.3, -0.25) is 14.3 Å². The van der Waals surface area contributed by atoms with Crippen LogP contribution in [0.2, 0.25) is 0 Å². The molecular weight excluding hydrogens is 414 g/mol. The van der Waals surface area contributed by atoms with Gasteiger partial charge in [-0.15, -0.1) is 0 Å². The Morgan fingerprint density at radius 1 is 1.09 bits per heavy atom. The van der Waals surface area contributed by atoms with Crippen LogP contribution >= 0.6 is 0 Å². The van der Waals surface area contributed by atoms with Crippen LogP contribution < -0.4 is 5.73 Å². The molecule has 2 aliphatic carbocycles. The molecular formula is C26H27N5O2. The molecule has 168 valence electrons. The highest BCUT2D eigenvalue weighted by Gasteiger charge is 2.51. The largest absolute Gasteiger partial charge is 0.384 e. The molecule has 6 rings (SSSR count). The van der Waals surface area contributed by atoms with E-state index in [9.17, 15) is 9.59 Å². The van der Waals surface area contributed by atoms with E-state index in [1.54, 1.807) is 6.20 Å². The van der Waals surface area contributed by atoms with E-state index in [0.717, 1.165) is 48.2 Å². The highest BCUT2D eigenvalue weighted by molar-refractivity contribution is 5.96. The van der Waals surface area contributed by atoms with E-state index in [0.29, 0.717) is 48.6 Å². The van der Waals surface area contributed by atoms with E-state index in [1.807, 2.05) is 27.9 Å². The summed E-state index contributed by atoms with van der Waals surface area (Å²) >= 11 is 0. The molecule has 1 aliphatic heterocycles. The molecule has 2 aromatic heterocycles. The molecule has 7 nitrogen and oxygen atoms in total. The van der Waals surface area contributed by atoms with Crippen molar-refractivity contribution in [2.75, 3.05) is 12.3 Å². The predicted octanol–water partition coefficient (Wildman–Crippen LogP) is 3.19. The fraction of sp³-hybridized carbons (Fsp3) is 0.385. The number of nitrogens with two attached hydrogens (primary N) is 1. The summed E-state index contributed by atoms with van der Waals surface area (Å²) < 4.78 is 1.81. The van der Waals surface area contributed by atoms with E-state index < -0.39 is 0 Å². The maximum atomic E-state index is 12.9. The SMILES string of the molecule is Nc1ccc2c(n1)CC[C@H]2CC(=O)c1cnn(Cc2ccc(CN3C[C@@H]4C[C@@H]4C3=O)cc2)c1. The van der Waals surface area contributed by atoms with Gasteiger partial charge in [0.15, 0.2) is 5.78 Å². The number of pyridine rings is 1. The number of fused-ring (bicyclic) bond motifs is 2. The number of ketones is 1. The van der Waals surface area contributed by atoms with E-state index in [2.05, 4.69) is 34.3 Å². The van der Waals surface area contributed by atoms with E-state index >= 15 is 0 Å². The van der Waals surface area contributed by atoms with Crippen LogP contribution in [-0.4, -0.2) is 37.9 Å². The molecule has 3 aromatic rings. The van der Waals surface area contributed by atoms with E-state index in [4.69, 9.17) is 5.73 Å². The van der Waals surface area contributed by atoms with Crippen molar-refractivity contribution >= 4 is 17.5 Å². The fourth-order valence-electron chi connectivity index (χ4n) is 5.37. The van der Waals surface area contributed by atoms with Gasteiger partial charge in [0.05, 0.1) is 18.3 Å². The number of aryl methyl sites for hydroxylation is 1. The number of hydrogen-bond acceptors (Lipinski definition) is 5. The van der Waals surface area contributed by atoms with Gasteiger partial charge in [-0.1, -0.05) is 30.3 Å². The van der Waals surface area contributed by atoms with Crippen LogP contribution in [-0.2, 0) is 24.3 Å². The number of carbonyl (C=O) groups is 2. The molecule has 7 heteroatoms. The van der Waals surface area contributed by atoms with Crippen molar-refractivity contribution in [3.8, 4) is 0 Å². The molecule has 1 amide bonds. The summed E-state index contributed by atoms with van der Waals surface area (Å²) in [6.07, 6.45) is 6.86. The Balaban J connectivity index is 1.06. The normalized spacial score (nSPS) is 23.0. The monoisotopic (exact) mass is 441 g/mol.